The van der Waals surface area contributed by atoms with E-state index in [0.717, 1.165) is 55.7 Å². The molecule has 1 saturated carbocycles. The van der Waals surface area contributed by atoms with Crippen LogP contribution in [0.25, 0.3) is 5.52 Å². The normalized spacial score (nSPS) is 22.8. The summed E-state index contributed by atoms with van der Waals surface area (Å²) in [5.41, 5.74) is 3.23. The van der Waals surface area contributed by atoms with E-state index in [1.807, 2.05) is 30.5 Å². The van der Waals surface area contributed by atoms with Crippen molar-refractivity contribution >= 4 is 11.4 Å². The molecule has 3 atom stereocenters. The maximum Gasteiger partial charge on any atom is 0.251 e. The monoisotopic (exact) mass is 431 g/mol. The van der Waals surface area contributed by atoms with Gasteiger partial charge in [0.05, 0.1) is 17.8 Å². The van der Waals surface area contributed by atoms with Crippen LogP contribution in [-0.2, 0) is 0 Å². The predicted molar refractivity (Wildman–Crippen MR) is 127 cm³/mol. The highest BCUT2D eigenvalue weighted by molar-refractivity contribution is 5.94. The molecule has 2 aliphatic rings. The molecule has 1 aliphatic heterocycles. The number of hydrogen-bond donors (Lipinski definition) is 3. The zero-order valence-corrected chi connectivity index (χ0v) is 18.8. The van der Waals surface area contributed by atoms with Crippen molar-refractivity contribution in [3.05, 3.63) is 71.8 Å². The molecule has 3 unspecified atom stereocenters. The molecule has 0 bridgehead atoms. The highest BCUT2D eigenvalue weighted by atomic mass is 16.1. The molecule has 1 saturated heterocycles. The van der Waals surface area contributed by atoms with Crippen LogP contribution in [0, 0.1) is 0 Å². The van der Waals surface area contributed by atoms with Gasteiger partial charge < -0.3 is 20.4 Å². The van der Waals surface area contributed by atoms with Crippen LogP contribution in [-0.4, -0.2) is 40.5 Å². The highest BCUT2D eigenvalue weighted by Gasteiger charge is 2.28. The molecule has 6 nitrogen and oxygen atoms in total. The second-order valence-corrected chi connectivity index (χ2v) is 9.33. The third kappa shape index (κ3) is 4.57. The van der Waals surface area contributed by atoms with Crippen molar-refractivity contribution < 1.29 is 4.79 Å². The number of imidazole rings is 1. The number of nitrogens with one attached hydrogen (secondary N) is 3. The number of rotatable bonds is 6. The summed E-state index contributed by atoms with van der Waals surface area (Å²) in [7, 11) is 0. The lowest BCUT2D eigenvalue weighted by Gasteiger charge is -2.23. The van der Waals surface area contributed by atoms with E-state index >= 15 is 0 Å². The van der Waals surface area contributed by atoms with Gasteiger partial charge in [-0.15, -0.1) is 0 Å². The summed E-state index contributed by atoms with van der Waals surface area (Å²) >= 11 is 0. The molecule has 1 aromatic carbocycles. The van der Waals surface area contributed by atoms with E-state index in [2.05, 4.69) is 56.7 Å². The molecule has 6 heteroatoms. The summed E-state index contributed by atoms with van der Waals surface area (Å²) in [5, 5.41) is 10.3. The van der Waals surface area contributed by atoms with Gasteiger partial charge in [0.15, 0.2) is 0 Å². The molecule has 3 N–H and O–H groups in total. The molecular formula is C26H33N5O. The number of carbonyl (C=O) groups is 1. The first-order valence-corrected chi connectivity index (χ1v) is 12.0. The van der Waals surface area contributed by atoms with E-state index in [9.17, 15) is 4.79 Å². The second-order valence-electron chi connectivity index (χ2n) is 9.33. The Kier molecular flexibility index (Phi) is 6.23. The Morgan fingerprint density at radius 3 is 2.69 bits per heavy atom. The lowest BCUT2D eigenvalue weighted by atomic mass is 9.96. The van der Waals surface area contributed by atoms with E-state index in [0.29, 0.717) is 18.0 Å². The van der Waals surface area contributed by atoms with Gasteiger partial charge >= 0.3 is 0 Å². The molecule has 2 fully saturated rings. The van der Waals surface area contributed by atoms with Crippen molar-refractivity contribution in [1.82, 2.24) is 25.3 Å². The molecule has 5 rings (SSSR count). The molecule has 3 aromatic rings. The fourth-order valence-electron chi connectivity index (χ4n) is 5.29. The first-order chi connectivity index (χ1) is 15.7. The van der Waals surface area contributed by atoms with Gasteiger partial charge in [-0.3, -0.25) is 4.79 Å². The third-order valence-electron chi connectivity index (χ3n) is 7.09. The van der Waals surface area contributed by atoms with Crippen molar-refractivity contribution in [2.75, 3.05) is 13.1 Å². The average molecular weight is 432 g/mol. The first-order valence-electron chi connectivity index (χ1n) is 12.0. The van der Waals surface area contributed by atoms with Crippen LogP contribution in [0.2, 0.25) is 0 Å². The van der Waals surface area contributed by atoms with Crippen LogP contribution < -0.4 is 16.0 Å². The van der Waals surface area contributed by atoms with Gasteiger partial charge in [-0.25, -0.2) is 4.98 Å². The summed E-state index contributed by atoms with van der Waals surface area (Å²) in [6, 6.07) is 15.4. The summed E-state index contributed by atoms with van der Waals surface area (Å²) in [6.45, 7) is 4.16. The smallest absolute Gasteiger partial charge is 0.251 e. The number of piperidine rings is 1. The molecule has 3 heterocycles. The quantitative estimate of drug-likeness (QED) is 0.555. The minimum atomic E-state index is 0.0511. The Bertz CT molecular complexity index is 1050. The summed E-state index contributed by atoms with van der Waals surface area (Å²) < 4.78 is 2.16. The Balaban J connectivity index is 1.17. The van der Waals surface area contributed by atoms with Gasteiger partial charge in [-0.05, 0) is 87.9 Å². The topological polar surface area (TPSA) is 70.5 Å². The molecular weight excluding hydrogens is 398 g/mol. The standard InChI is InChI=1S/C26H33N5O/c1-18(25-28-17-24-4-2-3-15-31(24)25)29-23-10-9-21(16-23)19-5-7-20(8-6-19)26(32)30-22-11-13-27-14-12-22/h2-8,15,17-18,21-23,27,29H,9-14,16H2,1H3,(H,30,32). The fourth-order valence-corrected chi connectivity index (χ4v) is 5.29. The minimum Gasteiger partial charge on any atom is -0.349 e. The molecule has 0 spiro atoms. The van der Waals surface area contributed by atoms with Crippen LogP contribution in [0.5, 0.6) is 0 Å². The van der Waals surface area contributed by atoms with Crippen molar-refractivity contribution in [3.8, 4) is 0 Å². The summed E-state index contributed by atoms with van der Waals surface area (Å²) in [6.07, 6.45) is 9.49. The molecule has 2 aromatic heterocycles. The molecule has 0 radical (unpaired) electrons. The maximum atomic E-state index is 12.6. The summed E-state index contributed by atoms with van der Waals surface area (Å²) in [5.74, 6) is 1.65. The first kappa shape index (κ1) is 21.2. The number of aromatic nitrogens is 2. The molecule has 32 heavy (non-hydrogen) atoms. The van der Waals surface area contributed by atoms with E-state index < -0.39 is 0 Å². The summed E-state index contributed by atoms with van der Waals surface area (Å²) in [4.78, 5) is 17.2. The number of hydrogen-bond acceptors (Lipinski definition) is 4. The number of nitrogens with zero attached hydrogens (tertiary/aromatic N) is 2. The highest BCUT2D eigenvalue weighted by Crippen LogP contribution is 2.35. The minimum absolute atomic E-state index is 0.0511. The number of amides is 1. The SMILES string of the molecule is CC(NC1CCC(c2ccc(C(=O)NC3CCNCC3)cc2)C1)c1ncc2ccccn12. The number of fused-ring (bicyclic) bond motifs is 1. The van der Waals surface area contributed by atoms with Crippen molar-refractivity contribution in [1.29, 1.82) is 0 Å². The Labute approximate surface area is 189 Å². The van der Waals surface area contributed by atoms with Crippen LogP contribution >= 0.6 is 0 Å². The Hall–Kier alpha value is -2.70. The Morgan fingerprint density at radius 1 is 1.06 bits per heavy atom. The van der Waals surface area contributed by atoms with Gasteiger partial charge in [0, 0.05) is 23.8 Å². The average Bonchev–Trinajstić information content (AvgIpc) is 3.47. The van der Waals surface area contributed by atoms with Gasteiger partial charge in [0.25, 0.3) is 5.91 Å². The second kappa shape index (κ2) is 9.43. The molecule has 1 amide bonds. The fraction of sp³-hybridized carbons (Fsp3) is 0.462. The van der Waals surface area contributed by atoms with Crippen LogP contribution in [0.4, 0.5) is 0 Å². The van der Waals surface area contributed by atoms with E-state index in [-0.39, 0.29) is 11.9 Å². The molecule has 168 valence electrons. The van der Waals surface area contributed by atoms with Gasteiger partial charge in [-0.1, -0.05) is 18.2 Å². The lowest BCUT2D eigenvalue weighted by molar-refractivity contribution is 0.0929. The predicted octanol–water partition coefficient (Wildman–Crippen LogP) is 3.80. The zero-order chi connectivity index (χ0) is 21.9. The number of pyridine rings is 1. The van der Waals surface area contributed by atoms with Crippen molar-refractivity contribution in [2.45, 2.75) is 63.1 Å². The van der Waals surface area contributed by atoms with Crippen LogP contribution in [0.1, 0.15) is 72.7 Å². The van der Waals surface area contributed by atoms with Crippen LogP contribution in [0.3, 0.4) is 0 Å². The van der Waals surface area contributed by atoms with Crippen molar-refractivity contribution in [3.63, 3.8) is 0 Å². The van der Waals surface area contributed by atoms with Gasteiger partial charge in [-0.2, -0.15) is 0 Å². The number of benzene rings is 1. The van der Waals surface area contributed by atoms with Gasteiger partial charge in [0.1, 0.15) is 5.82 Å². The zero-order valence-electron chi connectivity index (χ0n) is 18.8. The molecule has 1 aliphatic carbocycles. The largest absolute Gasteiger partial charge is 0.349 e. The van der Waals surface area contributed by atoms with E-state index in [1.165, 1.54) is 12.0 Å². The van der Waals surface area contributed by atoms with Crippen LogP contribution in [0.15, 0.2) is 54.9 Å². The van der Waals surface area contributed by atoms with Crippen molar-refractivity contribution in [2.24, 2.45) is 0 Å². The third-order valence-corrected chi connectivity index (χ3v) is 7.09. The van der Waals surface area contributed by atoms with Gasteiger partial charge in [0.2, 0.25) is 0 Å². The Morgan fingerprint density at radius 2 is 1.88 bits per heavy atom. The van der Waals surface area contributed by atoms with E-state index in [4.69, 9.17) is 0 Å². The number of carbonyl (C=O) groups excluding carboxylic acids is 1. The lowest BCUT2D eigenvalue weighted by Crippen LogP contribution is -2.42. The van der Waals surface area contributed by atoms with E-state index in [1.54, 1.807) is 0 Å². The maximum absolute atomic E-state index is 12.6.